The highest BCUT2D eigenvalue weighted by atomic mass is 16.2. The third-order valence-electron chi connectivity index (χ3n) is 4.66. The summed E-state index contributed by atoms with van der Waals surface area (Å²) in [6.07, 6.45) is 8.10. The van der Waals surface area contributed by atoms with Gasteiger partial charge in [0.05, 0.1) is 29.8 Å². The van der Waals surface area contributed by atoms with Gasteiger partial charge in [-0.05, 0) is 31.9 Å². The molecule has 0 radical (unpaired) electrons. The van der Waals surface area contributed by atoms with Crippen LogP contribution in [0.4, 0.5) is 5.69 Å². The van der Waals surface area contributed by atoms with Gasteiger partial charge in [0.1, 0.15) is 11.6 Å². The first-order valence-corrected chi connectivity index (χ1v) is 8.72. The average molecular weight is 337 g/mol. The minimum absolute atomic E-state index is 0.157. The summed E-state index contributed by atoms with van der Waals surface area (Å²) in [5, 5.41) is 19.9. The number of anilines is 1. The second-order valence-corrected chi connectivity index (χ2v) is 6.62. The molecule has 1 heterocycles. The zero-order chi connectivity index (χ0) is 17.7. The van der Waals surface area contributed by atoms with Crippen LogP contribution in [0.3, 0.4) is 0 Å². The van der Waals surface area contributed by atoms with Gasteiger partial charge < -0.3 is 10.6 Å². The van der Waals surface area contributed by atoms with Gasteiger partial charge in [0.25, 0.3) is 0 Å². The van der Waals surface area contributed by atoms with Crippen LogP contribution < -0.4 is 10.6 Å². The summed E-state index contributed by atoms with van der Waals surface area (Å²) in [5.74, 6) is -0.157. The van der Waals surface area contributed by atoms with E-state index >= 15 is 0 Å². The lowest BCUT2D eigenvalue weighted by atomic mass is 9.82. The number of nitrogens with one attached hydrogen (secondary N) is 2. The van der Waals surface area contributed by atoms with Gasteiger partial charge in [-0.1, -0.05) is 37.5 Å². The average Bonchev–Trinajstić information content (AvgIpc) is 3.11. The third kappa shape index (κ3) is 4.00. The van der Waals surface area contributed by atoms with Crippen molar-refractivity contribution in [3.63, 3.8) is 0 Å². The summed E-state index contributed by atoms with van der Waals surface area (Å²) in [4.78, 5) is 12.5. The Hall–Kier alpha value is -2.81. The van der Waals surface area contributed by atoms with Crippen LogP contribution in [-0.4, -0.2) is 27.3 Å². The highest BCUT2D eigenvalue weighted by molar-refractivity contribution is 5.85. The van der Waals surface area contributed by atoms with Gasteiger partial charge >= 0.3 is 0 Å². The first kappa shape index (κ1) is 17.0. The van der Waals surface area contributed by atoms with Gasteiger partial charge in [-0.2, -0.15) is 10.4 Å². The topological polar surface area (TPSA) is 82.7 Å². The van der Waals surface area contributed by atoms with Gasteiger partial charge in [0, 0.05) is 0 Å². The molecule has 0 aliphatic heterocycles. The van der Waals surface area contributed by atoms with Crippen LogP contribution in [0, 0.1) is 11.3 Å². The standard InChI is InChI=1S/C19H23N5O/c1-15(18(25)23-19(14-20)10-6-3-7-11-19)22-16-12-21-24(13-16)17-8-4-2-5-9-17/h2,4-5,8-9,12-13,15,22H,3,6-7,10-11H2,1H3,(H,23,25). The summed E-state index contributed by atoms with van der Waals surface area (Å²) < 4.78 is 1.75. The van der Waals surface area contributed by atoms with E-state index in [1.165, 1.54) is 0 Å². The molecule has 1 fully saturated rings. The van der Waals surface area contributed by atoms with E-state index in [9.17, 15) is 10.1 Å². The summed E-state index contributed by atoms with van der Waals surface area (Å²) in [6.45, 7) is 1.79. The van der Waals surface area contributed by atoms with Crippen molar-refractivity contribution in [2.45, 2.75) is 50.6 Å². The fourth-order valence-electron chi connectivity index (χ4n) is 3.20. The number of hydrogen-bond acceptors (Lipinski definition) is 4. The lowest BCUT2D eigenvalue weighted by Gasteiger charge is -2.32. The third-order valence-corrected chi connectivity index (χ3v) is 4.66. The van der Waals surface area contributed by atoms with E-state index in [0.717, 1.165) is 43.5 Å². The van der Waals surface area contributed by atoms with Crippen molar-refractivity contribution < 1.29 is 4.79 Å². The number of amides is 1. The number of para-hydroxylation sites is 1. The molecule has 2 N–H and O–H groups in total. The second-order valence-electron chi connectivity index (χ2n) is 6.62. The Morgan fingerprint density at radius 2 is 2.00 bits per heavy atom. The minimum atomic E-state index is -0.709. The Kier molecular flexibility index (Phi) is 5.03. The lowest BCUT2D eigenvalue weighted by molar-refractivity contribution is -0.123. The summed E-state index contributed by atoms with van der Waals surface area (Å²) in [5.41, 5.74) is 1.01. The van der Waals surface area contributed by atoms with Crippen LogP contribution >= 0.6 is 0 Å². The fourth-order valence-corrected chi connectivity index (χ4v) is 3.20. The molecule has 130 valence electrons. The largest absolute Gasteiger partial charge is 0.371 e. The molecule has 1 aromatic carbocycles. The smallest absolute Gasteiger partial charge is 0.243 e. The highest BCUT2D eigenvalue weighted by Gasteiger charge is 2.34. The van der Waals surface area contributed by atoms with E-state index in [2.05, 4.69) is 21.8 Å². The Labute approximate surface area is 147 Å². The number of hydrogen-bond donors (Lipinski definition) is 2. The van der Waals surface area contributed by atoms with Crippen molar-refractivity contribution in [1.82, 2.24) is 15.1 Å². The van der Waals surface area contributed by atoms with Gasteiger partial charge in [0.15, 0.2) is 0 Å². The molecular weight excluding hydrogens is 314 g/mol. The number of benzene rings is 1. The molecule has 1 atom stereocenters. The molecule has 6 heteroatoms. The van der Waals surface area contributed by atoms with Crippen molar-refractivity contribution in [1.29, 1.82) is 5.26 Å². The number of aromatic nitrogens is 2. The molecular formula is C19H23N5O. The minimum Gasteiger partial charge on any atom is -0.371 e. The SMILES string of the molecule is CC(Nc1cnn(-c2ccccc2)c1)C(=O)NC1(C#N)CCCCC1. The zero-order valence-corrected chi connectivity index (χ0v) is 14.4. The van der Waals surface area contributed by atoms with E-state index in [4.69, 9.17) is 0 Å². The first-order valence-electron chi connectivity index (χ1n) is 8.72. The van der Waals surface area contributed by atoms with Gasteiger partial charge in [0.2, 0.25) is 5.91 Å². The lowest BCUT2D eigenvalue weighted by Crippen LogP contribution is -2.52. The van der Waals surface area contributed by atoms with Crippen LogP contribution in [0.1, 0.15) is 39.0 Å². The van der Waals surface area contributed by atoms with Crippen molar-refractivity contribution >= 4 is 11.6 Å². The Morgan fingerprint density at radius 1 is 1.28 bits per heavy atom. The van der Waals surface area contributed by atoms with Crippen molar-refractivity contribution in [2.75, 3.05) is 5.32 Å². The van der Waals surface area contributed by atoms with E-state index in [1.807, 2.05) is 36.5 Å². The maximum Gasteiger partial charge on any atom is 0.243 e. The highest BCUT2D eigenvalue weighted by Crippen LogP contribution is 2.27. The number of rotatable bonds is 5. The molecule has 1 aromatic heterocycles. The molecule has 3 rings (SSSR count). The molecule has 1 saturated carbocycles. The number of nitriles is 1. The van der Waals surface area contributed by atoms with Crippen molar-refractivity contribution in [3.8, 4) is 11.8 Å². The maximum absolute atomic E-state index is 12.5. The molecule has 25 heavy (non-hydrogen) atoms. The van der Waals surface area contributed by atoms with Crippen LogP contribution in [0.5, 0.6) is 0 Å². The van der Waals surface area contributed by atoms with E-state index in [0.29, 0.717) is 0 Å². The van der Waals surface area contributed by atoms with Gasteiger partial charge in [-0.15, -0.1) is 0 Å². The Balaban J connectivity index is 1.62. The summed E-state index contributed by atoms with van der Waals surface area (Å²) in [6, 6.07) is 11.7. The Morgan fingerprint density at radius 3 is 2.68 bits per heavy atom. The number of carbonyl (C=O) groups is 1. The molecule has 2 aromatic rings. The second kappa shape index (κ2) is 7.39. The first-order chi connectivity index (χ1) is 12.1. The van der Waals surface area contributed by atoms with Crippen LogP contribution in [0.15, 0.2) is 42.7 Å². The normalized spacial score (nSPS) is 17.3. The van der Waals surface area contributed by atoms with Crippen LogP contribution in [-0.2, 0) is 4.79 Å². The molecule has 0 bridgehead atoms. The molecule has 0 spiro atoms. The number of carbonyl (C=O) groups excluding carboxylic acids is 1. The maximum atomic E-state index is 12.5. The zero-order valence-electron chi connectivity index (χ0n) is 14.4. The van der Waals surface area contributed by atoms with Gasteiger partial charge in [-0.3, -0.25) is 4.79 Å². The van der Waals surface area contributed by atoms with E-state index in [-0.39, 0.29) is 5.91 Å². The predicted molar refractivity (Wildman–Crippen MR) is 96.2 cm³/mol. The fraction of sp³-hybridized carbons (Fsp3) is 0.421. The summed E-state index contributed by atoms with van der Waals surface area (Å²) >= 11 is 0. The molecule has 1 amide bonds. The van der Waals surface area contributed by atoms with Crippen LogP contribution in [0.25, 0.3) is 5.69 Å². The molecule has 1 aliphatic rings. The quantitative estimate of drug-likeness (QED) is 0.878. The van der Waals surface area contributed by atoms with E-state index < -0.39 is 11.6 Å². The molecule has 1 unspecified atom stereocenters. The molecule has 1 aliphatic carbocycles. The summed E-state index contributed by atoms with van der Waals surface area (Å²) in [7, 11) is 0. The van der Waals surface area contributed by atoms with Gasteiger partial charge in [-0.25, -0.2) is 4.68 Å². The van der Waals surface area contributed by atoms with Crippen LogP contribution in [0.2, 0.25) is 0 Å². The monoisotopic (exact) mass is 337 g/mol. The predicted octanol–water partition coefficient (Wildman–Crippen LogP) is 3.02. The van der Waals surface area contributed by atoms with Crippen molar-refractivity contribution in [2.24, 2.45) is 0 Å². The molecule has 0 saturated heterocycles. The van der Waals surface area contributed by atoms with E-state index in [1.54, 1.807) is 17.8 Å². The van der Waals surface area contributed by atoms with Crippen molar-refractivity contribution in [3.05, 3.63) is 42.7 Å². The molecule has 6 nitrogen and oxygen atoms in total. The Bertz CT molecular complexity index is 756. The number of nitrogens with zero attached hydrogens (tertiary/aromatic N) is 3.